The number of carbonyl (C=O) groups excluding carboxylic acids is 2. The van der Waals surface area contributed by atoms with E-state index in [1.165, 1.54) is 21.8 Å². The molecule has 1 unspecified atom stereocenters. The monoisotopic (exact) mass is 372 g/mol. The molecule has 1 aliphatic rings. The van der Waals surface area contributed by atoms with Crippen LogP contribution in [0.3, 0.4) is 0 Å². The van der Waals surface area contributed by atoms with Crippen LogP contribution in [0, 0.1) is 5.92 Å². The fraction of sp³-hybridized carbons (Fsp3) is 0.400. The Morgan fingerprint density at radius 3 is 2.69 bits per heavy atom. The molecule has 1 aromatic carbocycles. The lowest BCUT2D eigenvalue weighted by Gasteiger charge is -2.16. The second kappa shape index (κ2) is 7.91. The van der Waals surface area contributed by atoms with Gasteiger partial charge in [-0.05, 0) is 61.1 Å². The predicted molar refractivity (Wildman–Crippen MR) is 104 cm³/mol. The average Bonchev–Trinajstić information content (AvgIpc) is 3.04. The lowest BCUT2D eigenvalue weighted by atomic mass is 9.90. The first-order valence-corrected chi connectivity index (χ1v) is 9.60. The summed E-state index contributed by atoms with van der Waals surface area (Å²) in [6.07, 6.45) is 3.34. The molecular weight excluding hydrogens is 348 g/mol. The largest absolute Gasteiger partial charge is 0.484 e. The molecule has 1 N–H and O–H groups in total. The molecule has 0 spiro atoms. The second-order valence-electron chi connectivity index (χ2n) is 6.96. The summed E-state index contributed by atoms with van der Waals surface area (Å²) in [7, 11) is 3.38. The van der Waals surface area contributed by atoms with Crippen molar-refractivity contribution in [2.45, 2.75) is 26.2 Å². The summed E-state index contributed by atoms with van der Waals surface area (Å²) in [4.78, 5) is 27.6. The zero-order valence-corrected chi connectivity index (χ0v) is 16.2. The third-order valence-electron chi connectivity index (χ3n) is 4.53. The normalized spacial score (nSPS) is 15.9. The highest BCUT2D eigenvalue weighted by molar-refractivity contribution is 7.14. The van der Waals surface area contributed by atoms with Crippen LogP contribution in [-0.4, -0.2) is 37.4 Å². The number of likely N-dealkylation sites (N-methyl/N-ethyl adjacent to an activating group) is 1. The van der Waals surface area contributed by atoms with E-state index in [9.17, 15) is 9.59 Å². The summed E-state index contributed by atoms with van der Waals surface area (Å²) in [5, 5.41) is 2.93. The number of rotatable bonds is 5. The van der Waals surface area contributed by atoms with Crippen LogP contribution >= 0.6 is 11.3 Å². The molecule has 26 heavy (non-hydrogen) atoms. The van der Waals surface area contributed by atoms with Crippen LogP contribution < -0.4 is 10.1 Å². The molecule has 0 radical (unpaired) electrons. The average molecular weight is 372 g/mol. The zero-order chi connectivity index (χ0) is 18.7. The minimum atomic E-state index is -0.0987. The number of hydrogen-bond acceptors (Lipinski definition) is 4. The maximum atomic E-state index is 12.5. The molecule has 6 heteroatoms. The summed E-state index contributed by atoms with van der Waals surface area (Å²) in [6.45, 7) is 2.26. The van der Waals surface area contributed by atoms with Crippen LogP contribution in [0.2, 0.25) is 0 Å². The number of benzene rings is 1. The minimum Gasteiger partial charge on any atom is -0.484 e. The maximum Gasteiger partial charge on any atom is 0.265 e. The van der Waals surface area contributed by atoms with Gasteiger partial charge in [0.1, 0.15) is 5.75 Å². The third kappa shape index (κ3) is 4.43. The smallest absolute Gasteiger partial charge is 0.265 e. The fourth-order valence-electron chi connectivity index (χ4n) is 2.92. The number of nitrogens with zero attached hydrogens (tertiary/aromatic N) is 1. The highest BCUT2D eigenvalue weighted by Gasteiger charge is 2.20. The lowest BCUT2D eigenvalue weighted by Crippen LogP contribution is -2.27. The van der Waals surface area contributed by atoms with Gasteiger partial charge in [0, 0.05) is 24.7 Å². The van der Waals surface area contributed by atoms with Gasteiger partial charge in [-0.25, -0.2) is 0 Å². The van der Waals surface area contributed by atoms with Crippen molar-refractivity contribution in [3.8, 4) is 5.75 Å². The number of carbonyl (C=O) groups is 2. The molecule has 1 aliphatic carbocycles. The van der Waals surface area contributed by atoms with Gasteiger partial charge < -0.3 is 15.0 Å². The molecule has 1 atom stereocenters. The van der Waals surface area contributed by atoms with E-state index in [0.29, 0.717) is 17.4 Å². The molecule has 2 amide bonds. The van der Waals surface area contributed by atoms with Crippen LogP contribution in [0.25, 0.3) is 0 Å². The van der Waals surface area contributed by atoms with Gasteiger partial charge in [-0.1, -0.05) is 6.92 Å². The number of fused-ring (bicyclic) bond motifs is 1. The number of ether oxygens (including phenoxy) is 1. The molecule has 1 aromatic heterocycles. The Morgan fingerprint density at radius 2 is 2.00 bits per heavy atom. The van der Waals surface area contributed by atoms with Gasteiger partial charge in [-0.3, -0.25) is 9.59 Å². The molecule has 1 heterocycles. The van der Waals surface area contributed by atoms with Crippen molar-refractivity contribution in [1.82, 2.24) is 4.90 Å². The molecule has 0 saturated carbocycles. The second-order valence-corrected chi connectivity index (χ2v) is 8.10. The maximum absolute atomic E-state index is 12.5. The highest BCUT2D eigenvalue weighted by Crippen LogP contribution is 2.32. The Labute approximate surface area is 158 Å². The SMILES string of the molecule is CC1CCc2sc(C(=O)Nc3ccc(OCC(=O)N(C)C)cc3)cc2C1. The molecule has 0 aliphatic heterocycles. The van der Waals surface area contributed by atoms with E-state index >= 15 is 0 Å². The molecule has 0 bridgehead atoms. The Kier molecular flexibility index (Phi) is 5.61. The van der Waals surface area contributed by atoms with E-state index in [0.717, 1.165) is 17.7 Å². The van der Waals surface area contributed by atoms with Gasteiger partial charge in [-0.2, -0.15) is 0 Å². The highest BCUT2D eigenvalue weighted by atomic mass is 32.1. The van der Waals surface area contributed by atoms with Gasteiger partial charge in [0.2, 0.25) is 0 Å². The number of anilines is 1. The molecular formula is C20H24N2O3S. The molecule has 138 valence electrons. The van der Waals surface area contributed by atoms with Crippen LogP contribution in [0.4, 0.5) is 5.69 Å². The van der Waals surface area contributed by atoms with Crippen molar-refractivity contribution in [3.05, 3.63) is 45.6 Å². The summed E-state index contributed by atoms with van der Waals surface area (Å²) < 4.78 is 5.44. The summed E-state index contributed by atoms with van der Waals surface area (Å²) in [6, 6.07) is 9.10. The van der Waals surface area contributed by atoms with E-state index in [1.807, 2.05) is 6.07 Å². The standard InChI is InChI=1S/C20H24N2O3S/c1-13-4-9-17-14(10-13)11-18(26-17)20(24)21-15-5-7-16(8-6-15)25-12-19(23)22(2)3/h5-8,11,13H,4,9-10,12H2,1-3H3,(H,21,24). The molecule has 0 fully saturated rings. The fourth-order valence-corrected chi connectivity index (χ4v) is 4.02. The van der Waals surface area contributed by atoms with Gasteiger partial charge in [-0.15, -0.1) is 11.3 Å². The Morgan fingerprint density at radius 1 is 1.27 bits per heavy atom. The van der Waals surface area contributed by atoms with Gasteiger partial charge in [0.15, 0.2) is 6.61 Å². The predicted octanol–water partition coefficient (Wildman–Crippen LogP) is 3.59. The lowest BCUT2D eigenvalue weighted by molar-refractivity contribution is -0.130. The van der Waals surface area contributed by atoms with Crippen LogP contribution in [0.5, 0.6) is 5.75 Å². The van der Waals surface area contributed by atoms with Gasteiger partial charge in [0.05, 0.1) is 4.88 Å². The molecule has 2 aromatic rings. The minimum absolute atomic E-state index is 0.00211. The van der Waals surface area contributed by atoms with Gasteiger partial charge >= 0.3 is 0 Å². The number of thiophene rings is 1. The van der Waals surface area contributed by atoms with E-state index in [4.69, 9.17) is 4.74 Å². The van der Waals surface area contributed by atoms with Crippen LogP contribution in [0.1, 0.15) is 33.5 Å². The Hall–Kier alpha value is -2.34. The summed E-state index contributed by atoms with van der Waals surface area (Å²) >= 11 is 1.60. The van der Waals surface area contributed by atoms with Crippen LogP contribution in [-0.2, 0) is 17.6 Å². The number of amides is 2. The first-order valence-electron chi connectivity index (χ1n) is 8.78. The number of nitrogens with one attached hydrogen (secondary N) is 1. The summed E-state index contributed by atoms with van der Waals surface area (Å²) in [5.41, 5.74) is 2.04. The van der Waals surface area contributed by atoms with Crippen molar-refractivity contribution in [2.75, 3.05) is 26.0 Å². The van der Waals surface area contributed by atoms with Crippen molar-refractivity contribution >= 4 is 28.8 Å². The summed E-state index contributed by atoms with van der Waals surface area (Å²) in [5.74, 6) is 1.12. The van der Waals surface area contributed by atoms with Gasteiger partial charge in [0.25, 0.3) is 11.8 Å². The van der Waals surface area contributed by atoms with E-state index in [1.54, 1.807) is 49.7 Å². The van der Waals surface area contributed by atoms with Crippen molar-refractivity contribution in [1.29, 1.82) is 0 Å². The zero-order valence-electron chi connectivity index (χ0n) is 15.4. The van der Waals surface area contributed by atoms with Crippen LogP contribution in [0.15, 0.2) is 30.3 Å². The Bertz CT molecular complexity index is 796. The molecule has 3 rings (SSSR count). The van der Waals surface area contributed by atoms with Crippen molar-refractivity contribution < 1.29 is 14.3 Å². The molecule has 5 nitrogen and oxygen atoms in total. The van der Waals surface area contributed by atoms with E-state index in [2.05, 4.69) is 12.2 Å². The number of aryl methyl sites for hydroxylation is 1. The van der Waals surface area contributed by atoms with E-state index in [-0.39, 0.29) is 18.4 Å². The molecule has 0 saturated heterocycles. The van der Waals surface area contributed by atoms with Crippen molar-refractivity contribution in [3.63, 3.8) is 0 Å². The topological polar surface area (TPSA) is 58.6 Å². The van der Waals surface area contributed by atoms with Crippen molar-refractivity contribution in [2.24, 2.45) is 5.92 Å². The van der Waals surface area contributed by atoms with E-state index < -0.39 is 0 Å². The first kappa shape index (κ1) is 18.5. The number of hydrogen-bond donors (Lipinski definition) is 1. The quantitative estimate of drug-likeness (QED) is 0.872. The third-order valence-corrected chi connectivity index (χ3v) is 5.76. The first-order chi connectivity index (χ1) is 12.4. The Balaban J connectivity index is 1.59.